The zero-order valence-corrected chi connectivity index (χ0v) is 9.33. The van der Waals surface area contributed by atoms with Crippen LogP contribution in [0.1, 0.15) is 25.8 Å². The van der Waals surface area contributed by atoms with Gasteiger partial charge in [0.2, 0.25) is 0 Å². The van der Waals surface area contributed by atoms with Crippen molar-refractivity contribution in [2.45, 2.75) is 32.9 Å². The average molecular weight is 192 g/mol. The summed E-state index contributed by atoms with van der Waals surface area (Å²) in [6.45, 7) is 5.37. The minimum absolute atomic E-state index is 0.606. The van der Waals surface area contributed by atoms with Gasteiger partial charge in [0.05, 0.1) is 0 Å². The van der Waals surface area contributed by atoms with Gasteiger partial charge in [-0.3, -0.25) is 4.90 Å². The lowest BCUT2D eigenvalue weighted by atomic mass is 10.1. The van der Waals surface area contributed by atoms with E-state index in [0.29, 0.717) is 6.04 Å². The van der Waals surface area contributed by atoms with Crippen molar-refractivity contribution >= 4 is 5.69 Å². The zero-order valence-electron chi connectivity index (χ0n) is 9.33. The van der Waals surface area contributed by atoms with Crippen LogP contribution in [-0.4, -0.2) is 18.0 Å². The molecule has 0 radical (unpaired) electrons. The van der Waals surface area contributed by atoms with Crippen molar-refractivity contribution in [1.82, 2.24) is 4.90 Å². The molecule has 1 aromatic carbocycles. The number of hydrogen-bond acceptors (Lipinski definition) is 2. The molecule has 0 aromatic heterocycles. The molecule has 2 nitrogen and oxygen atoms in total. The Hall–Kier alpha value is -1.02. The van der Waals surface area contributed by atoms with Gasteiger partial charge in [-0.2, -0.15) is 0 Å². The molecule has 0 amide bonds. The summed E-state index contributed by atoms with van der Waals surface area (Å²) in [5, 5.41) is 0. The van der Waals surface area contributed by atoms with Crippen LogP contribution in [0.15, 0.2) is 24.3 Å². The van der Waals surface area contributed by atoms with E-state index < -0.39 is 0 Å². The van der Waals surface area contributed by atoms with E-state index in [9.17, 15) is 0 Å². The van der Waals surface area contributed by atoms with Gasteiger partial charge in [0.15, 0.2) is 0 Å². The smallest absolute Gasteiger partial charge is 0.0359 e. The van der Waals surface area contributed by atoms with Gasteiger partial charge < -0.3 is 5.73 Å². The van der Waals surface area contributed by atoms with Crippen LogP contribution in [-0.2, 0) is 6.54 Å². The largest absolute Gasteiger partial charge is 0.398 e. The summed E-state index contributed by atoms with van der Waals surface area (Å²) in [5.41, 5.74) is 7.99. The van der Waals surface area contributed by atoms with Crippen molar-refractivity contribution in [1.29, 1.82) is 0 Å². The van der Waals surface area contributed by atoms with Crippen molar-refractivity contribution < 1.29 is 0 Å². The molecule has 0 fully saturated rings. The van der Waals surface area contributed by atoms with E-state index in [2.05, 4.69) is 31.9 Å². The van der Waals surface area contributed by atoms with Crippen molar-refractivity contribution in [3.05, 3.63) is 29.8 Å². The monoisotopic (exact) mass is 192 g/mol. The number of hydrogen-bond donors (Lipinski definition) is 1. The Morgan fingerprint density at radius 2 is 2.00 bits per heavy atom. The quantitative estimate of drug-likeness (QED) is 0.743. The van der Waals surface area contributed by atoms with Gasteiger partial charge in [0.25, 0.3) is 0 Å². The molecule has 14 heavy (non-hydrogen) atoms. The van der Waals surface area contributed by atoms with Crippen LogP contribution in [0.3, 0.4) is 0 Å². The predicted octanol–water partition coefficient (Wildman–Crippen LogP) is 2.50. The lowest BCUT2D eigenvalue weighted by molar-refractivity contribution is 0.244. The van der Waals surface area contributed by atoms with Gasteiger partial charge >= 0.3 is 0 Å². The molecule has 1 aromatic rings. The molecule has 0 saturated carbocycles. The molecule has 0 spiro atoms. The summed E-state index contributed by atoms with van der Waals surface area (Å²) in [6.07, 6.45) is 1.17. The van der Waals surface area contributed by atoms with Crippen LogP contribution in [0.4, 0.5) is 5.69 Å². The van der Waals surface area contributed by atoms with Gasteiger partial charge in [-0.15, -0.1) is 0 Å². The van der Waals surface area contributed by atoms with Crippen LogP contribution >= 0.6 is 0 Å². The van der Waals surface area contributed by atoms with Gasteiger partial charge in [0.1, 0.15) is 0 Å². The zero-order chi connectivity index (χ0) is 10.6. The molecular formula is C12H20N2. The highest BCUT2D eigenvalue weighted by Gasteiger charge is 2.08. The molecule has 1 rings (SSSR count). The molecule has 0 aliphatic carbocycles. The van der Waals surface area contributed by atoms with E-state index >= 15 is 0 Å². The first-order valence-electron chi connectivity index (χ1n) is 5.18. The topological polar surface area (TPSA) is 29.3 Å². The Kier molecular flexibility index (Phi) is 3.96. The molecule has 2 heteroatoms. The first-order chi connectivity index (χ1) is 6.65. The van der Waals surface area contributed by atoms with E-state index in [1.807, 2.05) is 18.2 Å². The third-order valence-corrected chi connectivity index (χ3v) is 2.82. The number of rotatable bonds is 4. The number of nitrogen functional groups attached to an aromatic ring is 1. The lowest BCUT2D eigenvalue weighted by Gasteiger charge is -2.24. The molecular weight excluding hydrogens is 172 g/mol. The van der Waals surface area contributed by atoms with E-state index in [-0.39, 0.29) is 0 Å². The molecule has 0 aliphatic heterocycles. The lowest BCUT2D eigenvalue weighted by Crippen LogP contribution is -2.28. The fraction of sp³-hybridized carbons (Fsp3) is 0.500. The normalized spacial score (nSPS) is 13.1. The van der Waals surface area contributed by atoms with E-state index in [1.165, 1.54) is 12.0 Å². The van der Waals surface area contributed by atoms with Crippen LogP contribution in [0.25, 0.3) is 0 Å². The summed E-state index contributed by atoms with van der Waals surface area (Å²) in [5.74, 6) is 0. The minimum Gasteiger partial charge on any atom is -0.398 e. The molecule has 78 valence electrons. The molecule has 0 bridgehead atoms. The summed E-state index contributed by atoms with van der Waals surface area (Å²) in [4.78, 5) is 2.33. The highest BCUT2D eigenvalue weighted by atomic mass is 15.1. The number of para-hydroxylation sites is 1. The second-order valence-electron chi connectivity index (χ2n) is 3.87. The first-order valence-corrected chi connectivity index (χ1v) is 5.18. The van der Waals surface area contributed by atoms with E-state index in [1.54, 1.807) is 0 Å². The molecule has 2 N–H and O–H groups in total. The van der Waals surface area contributed by atoms with Crippen LogP contribution in [0, 0.1) is 0 Å². The highest BCUT2D eigenvalue weighted by Crippen LogP contribution is 2.14. The number of nitrogens with two attached hydrogens (primary N) is 1. The molecule has 0 aliphatic rings. The van der Waals surface area contributed by atoms with Crippen molar-refractivity contribution in [3.63, 3.8) is 0 Å². The molecule has 1 unspecified atom stereocenters. The maximum Gasteiger partial charge on any atom is 0.0359 e. The Morgan fingerprint density at radius 1 is 1.36 bits per heavy atom. The molecule has 0 saturated heterocycles. The third-order valence-electron chi connectivity index (χ3n) is 2.82. The Morgan fingerprint density at radius 3 is 2.57 bits per heavy atom. The van der Waals surface area contributed by atoms with Gasteiger partial charge in [0, 0.05) is 18.3 Å². The Labute approximate surface area is 86.7 Å². The number of anilines is 1. The van der Waals surface area contributed by atoms with Crippen molar-refractivity contribution in [2.75, 3.05) is 12.8 Å². The average Bonchev–Trinajstić information content (AvgIpc) is 2.20. The summed E-state index contributed by atoms with van der Waals surface area (Å²) in [6, 6.07) is 8.67. The Balaban J connectivity index is 2.64. The summed E-state index contributed by atoms with van der Waals surface area (Å²) >= 11 is 0. The van der Waals surface area contributed by atoms with Gasteiger partial charge in [-0.1, -0.05) is 25.1 Å². The van der Waals surface area contributed by atoms with Crippen LogP contribution < -0.4 is 5.73 Å². The SMILES string of the molecule is CCC(C)N(C)Cc1ccccc1N. The fourth-order valence-corrected chi connectivity index (χ4v) is 1.41. The second kappa shape index (κ2) is 5.01. The third kappa shape index (κ3) is 2.74. The predicted molar refractivity (Wildman–Crippen MR) is 62.1 cm³/mol. The number of nitrogens with zero attached hydrogens (tertiary/aromatic N) is 1. The van der Waals surface area contributed by atoms with Crippen molar-refractivity contribution in [3.8, 4) is 0 Å². The maximum atomic E-state index is 5.88. The minimum atomic E-state index is 0.606. The number of benzene rings is 1. The van der Waals surface area contributed by atoms with Crippen molar-refractivity contribution in [2.24, 2.45) is 0 Å². The second-order valence-corrected chi connectivity index (χ2v) is 3.87. The van der Waals surface area contributed by atoms with Crippen LogP contribution in [0.2, 0.25) is 0 Å². The first kappa shape index (κ1) is 11.1. The van der Waals surface area contributed by atoms with Gasteiger partial charge in [-0.25, -0.2) is 0 Å². The van der Waals surface area contributed by atoms with E-state index in [0.717, 1.165) is 12.2 Å². The molecule has 1 atom stereocenters. The fourth-order valence-electron chi connectivity index (χ4n) is 1.41. The maximum absolute atomic E-state index is 5.88. The molecule has 0 heterocycles. The summed E-state index contributed by atoms with van der Waals surface area (Å²) < 4.78 is 0. The summed E-state index contributed by atoms with van der Waals surface area (Å²) in [7, 11) is 2.14. The van der Waals surface area contributed by atoms with E-state index in [4.69, 9.17) is 5.73 Å². The Bertz CT molecular complexity index is 283. The van der Waals surface area contributed by atoms with Gasteiger partial charge in [-0.05, 0) is 32.0 Å². The highest BCUT2D eigenvalue weighted by molar-refractivity contribution is 5.46. The standard InChI is InChI=1S/C12H20N2/c1-4-10(2)14(3)9-11-7-5-6-8-12(11)13/h5-8,10H,4,9,13H2,1-3H3. The van der Waals surface area contributed by atoms with Crippen LogP contribution in [0.5, 0.6) is 0 Å².